The smallest absolute Gasteiger partial charge is 0.0495 e. The standard InChI is InChI=1S/C7H13BrO/c1-6(8)4-7-2-3-9-5-7/h6-7H,2-5H2,1H3. The molecule has 0 aliphatic carbocycles. The lowest BCUT2D eigenvalue weighted by atomic mass is 10.0. The predicted octanol–water partition coefficient (Wildman–Crippen LogP) is 2.20. The number of alkyl halides is 1. The lowest BCUT2D eigenvalue weighted by Gasteiger charge is -2.07. The molecular formula is C7H13BrO. The van der Waals surface area contributed by atoms with Gasteiger partial charge in [0.15, 0.2) is 0 Å². The Morgan fingerprint density at radius 3 is 3.00 bits per heavy atom. The molecule has 2 heteroatoms. The summed E-state index contributed by atoms with van der Waals surface area (Å²) < 4.78 is 5.24. The molecule has 2 unspecified atom stereocenters. The molecule has 54 valence electrons. The van der Waals surface area contributed by atoms with E-state index in [1.54, 1.807) is 0 Å². The van der Waals surface area contributed by atoms with E-state index in [0.717, 1.165) is 19.1 Å². The average Bonchev–Trinajstić information content (AvgIpc) is 2.15. The van der Waals surface area contributed by atoms with Crippen LogP contribution in [-0.2, 0) is 4.74 Å². The number of hydrogen-bond donors (Lipinski definition) is 0. The van der Waals surface area contributed by atoms with Gasteiger partial charge in [-0.15, -0.1) is 0 Å². The van der Waals surface area contributed by atoms with Crippen LogP contribution >= 0.6 is 15.9 Å². The van der Waals surface area contributed by atoms with E-state index in [4.69, 9.17) is 4.74 Å². The Bertz CT molecular complexity index is 77.0. The summed E-state index contributed by atoms with van der Waals surface area (Å²) in [5.41, 5.74) is 0. The van der Waals surface area contributed by atoms with Gasteiger partial charge in [0, 0.05) is 18.0 Å². The van der Waals surface area contributed by atoms with Gasteiger partial charge in [-0.3, -0.25) is 0 Å². The lowest BCUT2D eigenvalue weighted by molar-refractivity contribution is 0.184. The maximum Gasteiger partial charge on any atom is 0.0495 e. The van der Waals surface area contributed by atoms with Gasteiger partial charge in [-0.2, -0.15) is 0 Å². The first-order valence-corrected chi connectivity index (χ1v) is 4.42. The molecule has 2 atom stereocenters. The molecule has 1 nitrogen and oxygen atoms in total. The number of rotatable bonds is 2. The minimum Gasteiger partial charge on any atom is -0.381 e. The highest BCUT2D eigenvalue weighted by molar-refractivity contribution is 9.09. The lowest BCUT2D eigenvalue weighted by Crippen LogP contribution is -2.04. The molecule has 9 heavy (non-hydrogen) atoms. The molecule has 1 aliphatic rings. The van der Waals surface area contributed by atoms with Crippen LogP contribution in [0.15, 0.2) is 0 Å². The molecule has 0 amide bonds. The molecule has 1 rings (SSSR count). The fourth-order valence-corrected chi connectivity index (χ4v) is 1.76. The van der Waals surface area contributed by atoms with Crippen molar-refractivity contribution in [3.05, 3.63) is 0 Å². The SMILES string of the molecule is CC(Br)CC1CCOC1. The van der Waals surface area contributed by atoms with Crippen molar-refractivity contribution in [1.82, 2.24) is 0 Å². The minimum absolute atomic E-state index is 0.657. The maximum absolute atomic E-state index is 5.24. The van der Waals surface area contributed by atoms with Gasteiger partial charge in [0.25, 0.3) is 0 Å². The highest BCUT2D eigenvalue weighted by Crippen LogP contribution is 2.20. The van der Waals surface area contributed by atoms with E-state index in [2.05, 4.69) is 22.9 Å². The Morgan fingerprint density at radius 2 is 2.56 bits per heavy atom. The molecule has 0 aromatic carbocycles. The first kappa shape index (κ1) is 7.55. The van der Waals surface area contributed by atoms with E-state index < -0.39 is 0 Å². The van der Waals surface area contributed by atoms with Crippen LogP contribution in [0, 0.1) is 5.92 Å². The van der Waals surface area contributed by atoms with Crippen LogP contribution < -0.4 is 0 Å². The highest BCUT2D eigenvalue weighted by atomic mass is 79.9. The molecule has 0 bridgehead atoms. The van der Waals surface area contributed by atoms with Gasteiger partial charge in [-0.25, -0.2) is 0 Å². The number of hydrogen-bond acceptors (Lipinski definition) is 1. The third kappa shape index (κ3) is 2.67. The monoisotopic (exact) mass is 192 g/mol. The van der Waals surface area contributed by atoms with Crippen molar-refractivity contribution >= 4 is 15.9 Å². The van der Waals surface area contributed by atoms with Crippen molar-refractivity contribution in [1.29, 1.82) is 0 Å². The summed E-state index contributed by atoms with van der Waals surface area (Å²) in [6.45, 7) is 4.15. The third-order valence-corrected chi connectivity index (χ3v) is 2.06. The summed E-state index contributed by atoms with van der Waals surface area (Å²) in [5.74, 6) is 0.819. The van der Waals surface area contributed by atoms with Crippen LogP contribution in [0.2, 0.25) is 0 Å². The summed E-state index contributed by atoms with van der Waals surface area (Å²) in [6, 6.07) is 0. The topological polar surface area (TPSA) is 9.23 Å². The van der Waals surface area contributed by atoms with E-state index in [9.17, 15) is 0 Å². The van der Waals surface area contributed by atoms with Gasteiger partial charge < -0.3 is 4.74 Å². The Morgan fingerprint density at radius 1 is 1.78 bits per heavy atom. The Hall–Kier alpha value is 0.440. The zero-order chi connectivity index (χ0) is 6.69. The molecule has 1 heterocycles. The van der Waals surface area contributed by atoms with Gasteiger partial charge in [0.1, 0.15) is 0 Å². The Kier molecular flexibility index (Phi) is 2.99. The molecule has 0 spiro atoms. The third-order valence-electron chi connectivity index (χ3n) is 1.68. The molecule has 0 aromatic rings. The van der Waals surface area contributed by atoms with E-state index in [-0.39, 0.29) is 0 Å². The van der Waals surface area contributed by atoms with E-state index in [1.165, 1.54) is 12.8 Å². The normalized spacial score (nSPS) is 30.7. The number of ether oxygens (including phenoxy) is 1. The summed E-state index contributed by atoms with van der Waals surface area (Å²) in [7, 11) is 0. The zero-order valence-corrected chi connectivity index (χ0v) is 7.36. The average molecular weight is 193 g/mol. The van der Waals surface area contributed by atoms with Gasteiger partial charge in [0.2, 0.25) is 0 Å². The van der Waals surface area contributed by atoms with Gasteiger partial charge in [0.05, 0.1) is 0 Å². The second kappa shape index (κ2) is 3.57. The summed E-state index contributed by atoms with van der Waals surface area (Å²) in [5, 5.41) is 0. The Labute approximate surface area is 64.9 Å². The molecule has 0 saturated carbocycles. The maximum atomic E-state index is 5.24. The van der Waals surface area contributed by atoms with Crippen LogP contribution in [0.4, 0.5) is 0 Å². The number of halogens is 1. The second-order valence-electron chi connectivity index (χ2n) is 2.75. The van der Waals surface area contributed by atoms with Crippen LogP contribution in [-0.4, -0.2) is 18.0 Å². The molecule has 1 fully saturated rings. The van der Waals surface area contributed by atoms with E-state index in [0.29, 0.717) is 4.83 Å². The second-order valence-corrected chi connectivity index (χ2v) is 4.31. The molecule has 0 radical (unpaired) electrons. The van der Waals surface area contributed by atoms with Crippen LogP contribution in [0.3, 0.4) is 0 Å². The molecule has 1 aliphatic heterocycles. The zero-order valence-electron chi connectivity index (χ0n) is 5.77. The van der Waals surface area contributed by atoms with Crippen molar-refractivity contribution < 1.29 is 4.74 Å². The van der Waals surface area contributed by atoms with Crippen LogP contribution in [0.1, 0.15) is 19.8 Å². The molecular weight excluding hydrogens is 180 g/mol. The first-order chi connectivity index (χ1) is 4.29. The largest absolute Gasteiger partial charge is 0.381 e. The fourth-order valence-electron chi connectivity index (χ4n) is 1.23. The molecule has 0 N–H and O–H groups in total. The quantitative estimate of drug-likeness (QED) is 0.611. The highest BCUT2D eigenvalue weighted by Gasteiger charge is 2.16. The van der Waals surface area contributed by atoms with Crippen molar-refractivity contribution in [2.75, 3.05) is 13.2 Å². The predicted molar refractivity (Wildman–Crippen MR) is 41.9 cm³/mol. The molecule has 0 aromatic heterocycles. The van der Waals surface area contributed by atoms with Crippen molar-refractivity contribution in [3.8, 4) is 0 Å². The van der Waals surface area contributed by atoms with Crippen molar-refractivity contribution in [3.63, 3.8) is 0 Å². The minimum atomic E-state index is 0.657. The summed E-state index contributed by atoms with van der Waals surface area (Å²) >= 11 is 3.53. The summed E-state index contributed by atoms with van der Waals surface area (Å²) in [6.07, 6.45) is 2.52. The molecule has 1 saturated heterocycles. The summed E-state index contributed by atoms with van der Waals surface area (Å²) in [4.78, 5) is 0.657. The van der Waals surface area contributed by atoms with Crippen molar-refractivity contribution in [2.24, 2.45) is 5.92 Å². The van der Waals surface area contributed by atoms with Crippen LogP contribution in [0.5, 0.6) is 0 Å². The van der Waals surface area contributed by atoms with Gasteiger partial charge in [-0.05, 0) is 18.8 Å². The van der Waals surface area contributed by atoms with Crippen molar-refractivity contribution in [2.45, 2.75) is 24.6 Å². The van der Waals surface area contributed by atoms with Gasteiger partial charge >= 0.3 is 0 Å². The fraction of sp³-hybridized carbons (Fsp3) is 1.00. The van der Waals surface area contributed by atoms with E-state index in [1.807, 2.05) is 0 Å². The first-order valence-electron chi connectivity index (χ1n) is 3.51. The van der Waals surface area contributed by atoms with E-state index >= 15 is 0 Å². The van der Waals surface area contributed by atoms with Crippen LogP contribution in [0.25, 0.3) is 0 Å². The Balaban J connectivity index is 2.11. The van der Waals surface area contributed by atoms with Gasteiger partial charge in [-0.1, -0.05) is 22.9 Å².